The summed E-state index contributed by atoms with van der Waals surface area (Å²) in [6.45, 7) is 0.541. The lowest BCUT2D eigenvalue weighted by Gasteiger charge is -2.09. The Morgan fingerprint density at radius 1 is 1.30 bits per heavy atom. The van der Waals surface area contributed by atoms with E-state index in [9.17, 15) is 4.79 Å². The van der Waals surface area contributed by atoms with Gasteiger partial charge in [0.15, 0.2) is 0 Å². The van der Waals surface area contributed by atoms with E-state index in [-0.39, 0.29) is 5.91 Å². The lowest BCUT2D eigenvalue weighted by molar-refractivity contribution is -0.123. The molecule has 0 radical (unpaired) electrons. The second-order valence-corrected chi connectivity index (χ2v) is 6.54. The van der Waals surface area contributed by atoms with Crippen molar-refractivity contribution in [2.45, 2.75) is 25.8 Å². The average Bonchev–Trinajstić information content (AvgIpc) is 2.93. The topological polar surface area (TPSA) is 52.9 Å². The summed E-state index contributed by atoms with van der Waals surface area (Å²) in [6.07, 6.45) is 4.07. The van der Waals surface area contributed by atoms with Gasteiger partial charge in [0, 0.05) is 12.5 Å². The molecule has 1 amide bonds. The van der Waals surface area contributed by atoms with Crippen molar-refractivity contribution in [2.24, 2.45) is 29.6 Å². The number of amides is 1. The largest absolute Gasteiger partial charge is 0.352 e. The molecular weight excluding hydrogens is 248 g/mol. The zero-order chi connectivity index (χ0) is 13.7. The van der Waals surface area contributed by atoms with Gasteiger partial charge in [-0.15, -0.1) is 0 Å². The predicted octanol–water partition coefficient (Wildman–Crippen LogP) is 2.47. The van der Waals surface area contributed by atoms with Gasteiger partial charge in [0.1, 0.15) is 0 Å². The summed E-state index contributed by atoms with van der Waals surface area (Å²) in [7, 11) is 0. The maximum atomic E-state index is 12.3. The normalized spacial score (nSPS) is 36.2. The van der Waals surface area contributed by atoms with Crippen molar-refractivity contribution in [3.8, 4) is 6.07 Å². The second kappa shape index (κ2) is 4.34. The van der Waals surface area contributed by atoms with Gasteiger partial charge in [-0.1, -0.05) is 12.1 Å². The molecule has 3 fully saturated rings. The van der Waals surface area contributed by atoms with Crippen molar-refractivity contribution in [3.63, 3.8) is 0 Å². The predicted molar refractivity (Wildman–Crippen MR) is 74.3 cm³/mol. The first kappa shape index (κ1) is 12.0. The molecule has 4 unspecified atom stereocenters. The SMILES string of the molecule is N#Cc1cccc(CNC(=O)C2C3C4CCC(C4)C23)c1. The highest BCUT2D eigenvalue weighted by Gasteiger charge is 2.67. The Morgan fingerprint density at radius 3 is 2.75 bits per heavy atom. The summed E-state index contributed by atoms with van der Waals surface area (Å²) in [6, 6.07) is 9.58. The zero-order valence-electron chi connectivity index (χ0n) is 11.4. The van der Waals surface area contributed by atoms with Crippen LogP contribution in [0.5, 0.6) is 0 Å². The van der Waals surface area contributed by atoms with Crippen LogP contribution >= 0.6 is 0 Å². The van der Waals surface area contributed by atoms with Crippen LogP contribution in [0.1, 0.15) is 30.4 Å². The van der Waals surface area contributed by atoms with Crippen LogP contribution in [0.2, 0.25) is 0 Å². The summed E-state index contributed by atoms with van der Waals surface area (Å²) in [4.78, 5) is 12.3. The summed E-state index contributed by atoms with van der Waals surface area (Å²) in [5.74, 6) is 3.59. The number of rotatable bonds is 3. The molecule has 3 heteroatoms. The highest BCUT2D eigenvalue weighted by atomic mass is 16.2. The molecule has 1 N–H and O–H groups in total. The number of carbonyl (C=O) groups excluding carboxylic acids is 1. The minimum absolute atomic E-state index is 0.235. The molecule has 3 saturated carbocycles. The molecule has 3 nitrogen and oxygen atoms in total. The lowest BCUT2D eigenvalue weighted by atomic mass is 10.0. The van der Waals surface area contributed by atoms with Crippen LogP contribution in [0.4, 0.5) is 0 Å². The van der Waals surface area contributed by atoms with E-state index < -0.39 is 0 Å². The monoisotopic (exact) mass is 266 g/mol. The molecule has 0 saturated heterocycles. The Hall–Kier alpha value is -1.82. The van der Waals surface area contributed by atoms with Crippen molar-refractivity contribution in [2.75, 3.05) is 0 Å². The van der Waals surface area contributed by atoms with Gasteiger partial charge >= 0.3 is 0 Å². The molecule has 4 atom stereocenters. The minimum atomic E-state index is 0.235. The van der Waals surface area contributed by atoms with Crippen LogP contribution in [-0.4, -0.2) is 5.91 Å². The quantitative estimate of drug-likeness (QED) is 0.913. The molecule has 1 aromatic rings. The molecule has 0 spiro atoms. The molecular formula is C17H18N2O. The van der Waals surface area contributed by atoms with E-state index >= 15 is 0 Å². The number of nitrogens with one attached hydrogen (secondary N) is 1. The van der Waals surface area contributed by atoms with Gasteiger partial charge in [-0.25, -0.2) is 0 Å². The zero-order valence-corrected chi connectivity index (χ0v) is 11.4. The van der Waals surface area contributed by atoms with Crippen molar-refractivity contribution < 1.29 is 4.79 Å². The Morgan fingerprint density at radius 2 is 2.05 bits per heavy atom. The smallest absolute Gasteiger partial charge is 0.223 e. The highest BCUT2D eigenvalue weighted by molar-refractivity contribution is 5.82. The van der Waals surface area contributed by atoms with Crippen LogP contribution in [0.15, 0.2) is 24.3 Å². The molecule has 20 heavy (non-hydrogen) atoms. The third kappa shape index (κ3) is 1.75. The summed E-state index contributed by atoms with van der Waals surface area (Å²) < 4.78 is 0. The van der Waals surface area contributed by atoms with Crippen LogP contribution in [-0.2, 0) is 11.3 Å². The van der Waals surface area contributed by atoms with E-state index in [1.807, 2.05) is 18.2 Å². The van der Waals surface area contributed by atoms with Crippen molar-refractivity contribution in [3.05, 3.63) is 35.4 Å². The first-order valence-electron chi connectivity index (χ1n) is 7.54. The minimum Gasteiger partial charge on any atom is -0.352 e. The fourth-order valence-corrected chi connectivity index (χ4v) is 4.73. The van der Waals surface area contributed by atoms with Gasteiger partial charge in [0.2, 0.25) is 5.91 Å². The second-order valence-electron chi connectivity index (χ2n) is 6.54. The molecule has 2 bridgehead atoms. The molecule has 0 heterocycles. The summed E-state index contributed by atoms with van der Waals surface area (Å²) in [5.41, 5.74) is 1.66. The molecule has 0 aliphatic heterocycles. The van der Waals surface area contributed by atoms with Crippen molar-refractivity contribution in [1.82, 2.24) is 5.32 Å². The Labute approximate surface area is 119 Å². The van der Waals surface area contributed by atoms with E-state index in [0.29, 0.717) is 29.9 Å². The maximum Gasteiger partial charge on any atom is 0.223 e. The van der Waals surface area contributed by atoms with Crippen LogP contribution in [0.25, 0.3) is 0 Å². The standard InChI is InChI=1S/C17H18N2O/c18-8-10-2-1-3-11(6-10)9-19-17(20)16-14-12-4-5-13(7-12)15(14)16/h1-3,6,12-16H,4-5,7,9H2,(H,19,20). The van der Waals surface area contributed by atoms with E-state index in [4.69, 9.17) is 5.26 Å². The first-order chi connectivity index (χ1) is 9.78. The molecule has 4 rings (SSSR count). The van der Waals surface area contributed by atoms with Crippen LogP contribution < -0.4 is 5.32 Å². The molecule has 3 aliphatic carbocycles. The van der Waals surface area contributed by atoms with Crippen LogP contribution in [0.3, 0.4) is 0 Å². The lowest BCUT2D eigenvalue weighted by Crippen LogP contribution is -2.27. The van der Waals surface area contributed by atoms with Gasteiger partial charge in [0.05, 0.1) is 11.6 Å². The molecule has 102 valence electrons. The molecule has 3 aliphatic rings. The number of carbonyl (C=O) groups is 1. The average molecular weight is 266 g/mol. The summed E-state index contributed by atoms with van der Waals surface area (Å²) in [5, 5.41) is 11.9. The van der Waals surface area contributed by atoms with Gasteiger partial charge in [-0.3, -0.25) is 4.79 Å². The number of fused-ring (bicyclic) bond motifs is 5. The van der Waals surface area contributed by atoms with E-state index in [2.05, 4.69) is 11.4 Å². The maximum absolute atomic E-state index is 12.3. The highest BCUT2D eigenvalue weighted by Crippen LogP contribution is 2.69. The Balaban J connectivity index is 1.37. The van der Waals surface area contributed by atoms with Gasteiger partial charge in [-0.05, 0) is 60.6 Å². The molecule has 1 aromatic carbocycles. The number of nitrogens with zero attached hydrogens (tertiary/aromatic N) is 1. The van der Waals surface area contributed by atoms with Gasteiger partial charge in [0.25, 0.3) is 0 Å². The number of nitriles is 1. The third-order valence-corrected chi connectivity index (χ3v) is 5.56. The number of hydrogen-bond donors (Lipinski definition) is 1. The van der Waals surface area contributed by atoms with E-state index in [0.717, 1.165) is 17.4 Å². The fraction of sp³-hybridized carbons (Fsp3) is 0.529. The van der Waals surface area contributed by atoms with Crippen LogP contribution in [0, 0.1) is 40.9 Å². The number of hydrogen-bond acceptors (Lipinski definition) is 2. The van der Waals surface area contributed by atoms with Gasteiger partial charge in [-0.2, -0.15) is 5.26 Å². The summed E-state index contributed by atoms with van der Waals surface area (Å²) >= 11 is 0. The van der Waals surface area contributed by atoms with Crippen molar-refractivity contribution in [1.29, 1.82) is 5.26 Å². The third-order valence-electron chi connectivity index (χ3n) is 5.56. The number of benzene rings is 1. The van der Waals surface area contributed by atoms with E-state index in [1.165, 1.54) is 19.3 Å². The Kier molecular flexibility index (Phi) is 2.60. The Bertz CT molecular complexity index is 587. The van der Waals surface area contributed by atoms with Crippen molar-refractivity contribution >= 4 is 5.91 Å². The first-order valence-corrected chi connectivity index (χ1v) is 7.54. The van der Waals surface area contributed by atoms with Gasteiger partial charge < -0.3 is 5.32 Å². The van der Waals surface area contributed by atoms with E-state index in [1.54, 1.807) is 6.07 Å². The fourth-order valence-electron chi connectivity index (χ4n) is 4.73. The molecule has 0 aromatic heterocycles.